The minimum atomic E-state index is -0.170. The van der Waals surface area contributed by atoms with Gasteiger partial charge in [-0.3, -0.25) is 19.3 Å². The molecule has 0 aliphatic carbocycles. The van der Waals surface area contributed by atoms with Crippen molar-refractivity contribution < 1.29 is 9.59 Å². The molecule has 4 rings (SSSR count). The summed E-state index contributed by atoms with van der Waals surface area (Å²) in [4.78, 5) is 43.1. The summed E-state index contributed by atoms with van der Waals surface area (Å²) in [6, 6.07) is 4.32. The largest absolute Gasteiger partial charge is 0.343 e. The van der Waals surface area contributed by atoms with Crippen LogP contribution in [0.1, 0.15) is 37.8 Å². The maximum absolute atomic E-state index is 13.0. The number of pyridine rings is 1. The average molecular weight is 416 g/mol. The van der Waals surface area contributed by atoms with Gasteiger partial charge in [0.25, 0.3) is 5.56 Å². The van der Waals surface area contributed by atoms with Crippen molar-refractivity contribution in [2.75, 3.05) is 52.1 Å². The summed E-state index contributed by atoms with van der Waals surface area (Å²) >= 11 is 0. The Labute approximate surface area is 177 Å². The van der Waals surface area contributed by atoms with Crippen molar-refractivity contribution in [3.05, 3.63) is 28.2 Å². The molecule has 2 saturated heterocycles. The number of hydrogen-bond acceptors (Lipinski definition) is 5. The van der Waals surface area contributed by atoms with E-state index in [1.165, 1.54) is 0 Å². The maximum atomic E-state index is 13.0. The lowest BCUT2D eigenvalue weighted by Crippen LogP contribution is -2.53. The monoisotopic (exact) mass is 415 g/mol. The highest BCUT2D eigenvalue weighted by Crippen LogP contribution is 2.37. The summed E-state index contributed by atoms with van der Waals surface area (Å²) in [6.45, 7) is 6.28. The Morgan fingerprint density at radius 3 is 2.53 bits per heavy atom. The second-order valence-electron chi connectivity index (χ2n) is 9.36. The van der Waals surface area contributed by atoms with Gasteiger partial charge in [-0.15, -0.1) is 0 Å². The summed E-state index contributed by atoms with van der Waals surface area (Å²) in [5.41, 5.74) is 1.38. The van der Waals surface area contributed by atoms with Crippen LogP contribution < -0.4 is 10.9 Å². The van der Waals surface area contributed by atoms with Gasteiger partial charge in [0.2, 0.25) is 11.8 Å². The van der Waals surface area contributed by atoms with Crippen molar-refractivity contribution in [1.29, 1.82) is 0 Å². The highest BCUT2D eigenvalue weighted by atomic mass is 16.2. The van der Waals surface area contributed by atoms with Crippen LogP contribution in [0.25, 0.3) is 0 Å². The molecule has 8 heteroatoms. The van der Waals surface area contributed by atoms with Gasteiger partial charge in [-0.25, -0.2) is 0 Å². The van der Waals surface area contributed by atoms with Crippen molar-refractivity contribution in [2.24, 2.45) is 5.92 Å². The third-order valence-electron chi connectivity index (χ3n) is 6.79. The Morgan fingerprint density at radius 1 is 1.13 bits per heavy atom. The maximum Gasteiger partial charge on any atom is 0.274 e. The molecule has 2 fully saturated rings. The minimum Gasteiger partial charge on any atom is -0.343 e. The smallest absolute Gasteiger partial charge is 0.274 e. The van der Waals surface area contributed by atoms with E-state index in [0.717, 1.165) is 51.1 Å². The number of nitrogens with zero attached hydrogens (tertiary/aromatic N) is 4. The molecule has 0 spiro atoms. The van der Waals surface area contributed by atoms with Crippen LogP contribution in [0.3, 0.4) is 0 Å². The molecule has 4 heterocycles. The van der Waals surface area contributed by atoms with Crippen LogP contribution in [0, 0.1) is 5.92 Å². The summed E-state index contributed by atoms with van der Waals surface area (Å²) in [7, 11) is 3.66. The first-order valence-corrected chi connectivity index (χ1v) is 11.0. The number of amides is 2. The minimum absolute atomic E-state index is 0.0856. The van der Waals surface area contributed by atoms with Crippen molar-refractivity contribution >= 4 is 17.5 Å². The second-order valence-corrected chi connectivity index (χ2v) is 9.36. The fourth-order valence-corrected chi connectivity index (χ4v) is 5.40. The van der Waals surface area contributed by atoms with E-state index in [9.17, 15) is 14.4 Å². The Kier molecular flexibility index (Phi) is 5.97. The van der Waals surface area contributed by atoms with E-state index < -0.39 is 0 Å². The van der Waals surface area contributed by atoms with E-state index in [-0.39, 0.29) is 23.9 Å². The molecule has 3 aliphatic heterocycles. The normalized spacial score (nSPS) is 24.6. The van der Waals surface area contributed by atoms with Crippen LogP contribution in [0.4, 0.5) is 5.69 Å². The average Bonchev–Trinajstić information content (AvgIpc) is 2.70. The molecule has 2 amide bonds. The summed E-state index contributed by atoms with van der Waals surface area (Å²) in [5.74, 6) is 0.803. The van der Waals surface area contributed by atoms with Crippen LogP contribution in [-0.2, 0) is 16.1 Å². The van der Waals surface area contributed by atoms with E-state index in [1.807, 2.05) is 29.6 Å². The highest BCUT2D eigenvalue weighted by Gasteiger charge is 2.38. The van der Waals surface area contributed by atoms with Gasteiger partial charge in [-0.2, -0.15) is 0 Å². The highest BCUT2D eigenvalue weighted by molar-refractivity contribution is 5.92. The number of rotatable bonds is 4. The quantitative estimate of drug-likeness (QED) is 0.786. The number of carbonyl (C=O) groups excluding carboxylic acids is 2. The standard InChI is InChI=1S/C22H33N5O3/c1-15(28)25-8-6-18(7-9-25)26-11-16-10-17(13-26)20-5-4-19(22(30)27(20)12-16)23-21(29)14-24(2)3/h4-5,16-18H,6-14H2,1-3H3,(H,23,29). The third-order valence-corrected chi connectivity index (χ3v) is 6.79. The number of fused-ring (bicyclic) bond motifs is 4. The molecule has 8 nitrogen and oxygen atoms in total. The molecule has 0 aromatic carbocycles. The Morgan fingerprint density at radius 2 is 1.87 bits per heavy atom. The molecule has 164 valence electrons. The van der Waals surface area contributed by atoms with Gasteiger partial charge in [0.05, 0.1) is 6.54 Å². The molecular weight excluding hydrogens is 382 g/mol. The predicted octanol–water partition coefficient (Wildman–Crippen LogP) is 0.778. The molecule has 3 aliphatic rings. The van der Waals surface area contributed by atoms with Crippen LogP contribution in [-0.4, -0.2) is 83.9 Å². The topological polar surface area (TPSA) is 77.9 Å². The van der Waals surface area contributed by atoms with E-state index in [1.54, 1.807) is 17.9 Å². The number of likely N-dealkylation sites (tertiary alicyclic amines) is 2. The number of hydrogen-bond donors (Lipinski definition) is 1. The number of nitrogens with one attached hydrogen (secondary N) is 1. The van der Waals surface area contributed by atoms with E-state index in [0.29, 0.717) is 30.1 Å². The molecule has 1 aromatic rings. The first-order valence-electron chi connectivity index (χ1n) is 11.0. The van der Waals surface area contributed by atoms with Crippen molar-refractivity contribution in [1.82, 2.24) is 19.3 Å². The van der Waals surface area contributed by atoms with Gasteiger partial charge in [-0.05, 0) is 51.4 Å². The summed E-state index contributed by atoms with van der Waals surface area (Å²) in [6.07, 6.45) is 3.18. The van der Waals surface area contributed by atoms with Gasteiger partial charge in [0.1, 0.15) is 5.69 Å². The lowest BCUT2D eigenvalue weighted by atomic mass is 9.82. The first kappa shape index (κ1) is 21.1. The predicted molar refractivity (Wildman–Crippen MR) is 116 cm³/mol. The van der Waals surface area contributed by atoms with E-state index >= 15 is 0 Å². The van der Waals surface area contributed by atoms with Gasteiger partial charge in [0, 0.05) is 57.3 Å². The van der Waals surface area contributed by atoms with Gasteiger partial charge in [0.15, 0.2) is 0 Å². The lowest BCUT2D eigenvalue weighted by molar-refractivity contribution is -0.130. The van der Waals surface area contributed by atoms with Gasteiger partial charge < -0.3 is 19.7 Å². The first-order chi connectivity index (χ1) is 14.3. The van der Waals surface area contributed by atoms with Crippen LogP contribution in [0.5, 0.6) is 0 Å². The summed E-state index contributed by atoms with van der Waals surface area (Å²) in [5, 5.41) is 2.77. The number of carbonyl (C=O) groups is 2. The van der Waals surface area contributed by atoms with Gasteiger partial charge in [-0.1, -0.05) is 0 Å². The molecule has 2 unspecified atom stereocenters. The van der Waals surface area contributed by atoms with E-state index in [4.69, 9.17) is 0 Å². The number of likely N-dealkylation sites (N-methyl/N-ethyl adjacent to an activating group) is 1. The number of aromatic nitrogens is 1. The second kappa shape index (κ2) is 8.51. The molecule has 1 aromatic heterocycles. The molecular formula is C22H33N5O3. The van der Waals surface area contributed by atoms with Crippen molar-refractivity contribution in [2.45, 2.75) is 44.7 Å². The number of anilines is 1. The molecule has 2 bridgehead atoms. The number of piperidine rings is 2. The molecule has 1 N–H and O–H groups in total. The van der Waals surface area contributed by atoms with E-state index in [2.05, 4.69) is 10.2 Å². The van der Waals surface area contributed by atoms with Gasteiger partial charge >= 0.3 is 0 Å². The third kappa shape index (κ3) is 4.30. The molecule has 0 saturated carbocycles. The Hall–Kier alpha value is -2.19. The zero-order chi connectivity index (χ0) is 21.4. The molecule has 0 radical (unpaired) electrons. The van der Waals surface area contributed by atoms with Crippen LogP contribution in [0.15, 0.2) is 16.9 Å². The van der Waals surface area contributed by atoms with Crippen molar-refractivity contribution in [3.8, 4) is 0 Å². The SMILES string of the molecule is CC(=O)N1CCC(N2CC3CC(C2)c2ccc(NC(=O)CN(C)C)c(=O)n2C3)CC1. The summed E-state index contributed by atoms with van der Waals surface area (Å²) < 4.78 is 1.89. The van der Waals surface area contributed by atoms with Crippen molar-refractivity contribution in [3.63, 3.8) is 0 Å². The zero-order valence-corrected chi connectivity index (χ0v) is 18.3. The molecule has 2 atom stereocenters. The lowest BCUT2D eigenvalue weighted by Gasteiger charge is -2.47. The van der Waals surface area contributed by atoms with Crippen LogP contribution in [0.2, 0.25) is 0 Å². The fraction of sp³-hybridized carbons (Fsp3) is 0.682. The molecule has 30 heavy (non-hydrogen) atoms. The zero-order valence-electron chi connectivity index (χ0n) is 18.3. The Bertz CT molecular complexity index is 872. The van der Waals surface area contributed by atoms with Crippen LogP contribution >= 0.6 is 0 Å². The fourth-order valence-electron chi connectivity index (χ4n) is 5.40. The Balaban J connectivity index is 1.46.